The maximum absolute atomic E-state index is 11.2. The molecule has 1 rings (SSSR count). The highest BCUT2D eigenvalue weighted by molar-refractivity contribution is 14.1. The Morgan fingerprint density at radius 1 is 1.75 bits per heavy atom. The molecule has 0 N–H and O–H groups in total. The Morgan fingerprint density at radius 3 is 3.08 bits per heavy atom. The summed E-state index contributed by atoms with van der Waals surface area (Å²) in [4.78, 5) is 11.2. The van der Waals surface area contributed by atoms with Gasteiger partial charge in [0.15, 0.2) is 0 Å². The van der Waals surface area contributed by atoms with Crippen LogP contribution in [-0.2, 0) is 6.54 Å². The van der Waals surface area contributed by atoms with Gasteiger partial charge in [-0.1, -0.05) is 6.08 Å². The highest BCUT2D eigenvalue weighted by Gasteiger charge is 1.95. The van der Waals surface area contributed by atoms with Gasteiger partial charge >= 0.3 is 0 Å². The Labute approximate surface area is 84.2 Å². The van der Waals surface area contributed by atoms with E-state index in [1.807, 2.05) is 0 Å². The highest BCUT2D eigenvalue weighted by atomic mass is 127. The van der Waals surface area contributed by atoms with E-state index in [1.165, 1.54) is 4.68 Å². The molecule has 0 amide bonds. The lowest BCUT2D eigenvalue weighted by Crippen LogP contribution is -2.21. The van der Waals surface area contributed by atoms with E-state index >= 15 is 0 Å². The third kappa shape index (κ3) is 2.44. The Kier molecular flexibility index (Phi) is 3.46. The molecule has 0 unspecified atom stereocenters. The molecule has 0 atom stereocenters. The van der Waals surface area contributed by atoms with E-state index < -0.39 is 0 Å². The van der Waals surface area contributed by atoms with E-state index in [9.17, 15) is 4.79 Å². The fraction of sp³-hybridized carbons (Fsp3) is 0.250. The normalized spacial score (nSPS) is 9.75. The molecule has 64 valence electrons. The quantitative estimate of drug-likeness (QED) is 0.618. The standard InChI is InChI=1S/C8H9IN2O/c1-2-3-4-11-8(12)5-7(9)6-10-11/h2,5-6H,1,3-4H2. The van der Waals surface area contributed by atoms with E-state index in [2.05, 4.69) is 34.3 Å². The summed E-state index contributed by atoms with van der Waals surface area (Å²) in [6.45, 7) is 4.19. The summed E-state index contributed by atoms with van der Waals surface area (Å²) in [6, 6.07) is 1.57. The zero-order valence-electron chi connectivity index (χ0n) is 6.53. The van der Waals surface area contributed by atoms with Gasteiger partial charge in [-0.25, -0.2) is 4.68 Å². The van der Waals surface area contributed by atoms with Gasteiger partial charge in [-0.05, 0) is 29.0 Å². The molecule has 0 bridgehead atoms. The van der Waals surface area contributed by atoms with Gasteiger partial charge in [0.05, 0.1) is 6.20 Å². The van der Waals surface area contributed by atoms with Crippen LogP contribution >= 0.6 is 22.6 Å². The van der Waals surface area contributed by atoms with Crippen LogP contribution in [0.5, 0.6) is 0 Å². The number of allylic oxidation sites excluding steroid dienone is 1. The smallest absolute Gasteiger partial charge is 0.267 e. The lowest BCUT2D eigenvalue weighted by Gasteiger charge is -2.00. The van der Waals surface area contributed by atoms with Gasteiger partial charge in [0.25, 0.3) is 5.56 Å². The van der Waals surface area contributed by atoms with Crippen LogP contribution < -0.4 is 5.56 Å². The van der Waals surface area contributed by atoms with Crippen LogP contribution in [0.4, 0.5) is 0 Å². The minimum absolute atomic E-state index is 0.0521. The van der Waals surface area contributed by atoms with Gasteiger partial charge in [-0.15, -0.1) is 6.58 Å². The van der Waals surface area contributed by atoms with Gasteiger partial charge in [-0.2, -0.15) is 5.10 Å². The number of aromatic nitrogens is 2. The topological polar surface area (TPSA) is 34.9 Å². The van der Waals surface area contributed by atoms with Crippen molar-refractivity contribution in [3.8, 4) is 0 Å². The van der Waals surface area contributed by atoms with Crippen molar-refractivity contribution in [2.75, 3.05) is 0 Å². The van der Waals surface area contributed by atoms with E-state index in [4.69, 9.17) is 0 Å². The number of aryl methyl sites for hydroxylation is 1. The molecule has 0 aliphatic heterocycles. The number of hydrogen-bond acceptors (Lipinski definition) is 2. The molecule has 1 aromatic rings. The molecule has 0 fully saturated rings. The molecule has 1 aromatic heterocycles. The summed E-state index contributed by atoms with van der Waals surface area (Å²) in [5.74, 6) is 0. The van der Waals surface area contributed by atoms with Gasteiger partial charge in [0.2, 0.25) is 0 Å². The second kappa shape index (κ2) is 4.39. The maximum atomic E-state index is 11.2. The van der Waals surface area contributed by atoms with Crippen LogP contribution in [0.3, 0.4) is 0 Å². The maximum Gasteiger partial charge on any atom is 0.267 e. The van der Waals surface area contributed by atoms with E-state index in [0.717, 1.165) is 9.99 Å². The first kappa shape index (κ1) is 9.44. The van der Waals surface area contributed by atoms with Crippen molar-refractivity contribution < 1.29 is 0 Å². The fourth-order valence-electron chi connectivity index (χ4n) is 0.793. The highest BCUT2D eigenvalue weighted by Crippen LogP contribution is 1.96. The van der Waals surface area contributed by atoms with E-state index in [-0.39, 0.29) is 5.56 Å². The molecule has 3 nitrogen and oxygen atoms in total. The average Bonchev–Trinajstić information content (AvgIpc) is 2.03. The van der Waals surface area contributed by atoms with Gasteiger partial charge in [-0.3, -0.25) is 4.79 Å². The third-order valence-corrected chi connectivity index (χ3v) is 1.97. The molecule has 0 aliphatic rings. The van der Waals surface area contributed by atoms with Crippen LogP contribution in [0.15, 0.2) is 29.7 Å². The van der Waals surface area contributed by atoms with E-state index in [1.54, 1.807) is 18.3 Å². The third-order valence-electron chi connectivity index (χ3n) is 1.38. The minimum Gasteiger partial charge on any atom is -0.268 e. The summed E-state index contributed by atoms with van der Waals surface area (Å²) in [5, 5.41) is 3.96. The molecular formula is C8H9IN2O. The van der Waals surface area contributed by atoms with Gasteiger partial charge in [0, 0.05) is 16.2 Å². The molecule has 0 spiro atoms. The lowest BCUT2D eigenvalue weighted by molar-refractivity contribution is 0.584. The van der Waals surface area contributed by atoms with Crippen molar-refractivity contribution >= 4 is 22.6 Å². The Hall–Kier alpha value is -0.650. The summed E-state index contributed by atoms with van der Waals surface area (Å²) >= 11 is 2.06. The summed E-state index contributed by atoms with van der Waals surface area (Å²) in [5.41, 5.74) is -0.0521. The summed E-state index contributed by atoms with van der Waals surface area (Å²) < 4.78 is 2.30. The molecule has 0 aromatic carbocycles. The molecular weight excluding hydrogens is 267 g/mol. The first-order valence-electron chi connectivity index (χ1n) is 3.57. The SMILES string of the molecule is C=CCCn1ncc(I)cc1=O. The van der Waals surface area contributed by atoms with Crippen LogP contribution in [-0.4, -0.2) is 9.78 Å². The monoisotopic (exact) mass is 276 g/mol. The van der Waals surface area contributed by atoms with Gasteiger partial charge in [0.1, 0.15) is 0 Å². The van der Waals surface area contributed by atoms with Crippen molar-refractivity contribution in [3.63, 3.8) is 0 Å². The van der Waals surface area contributed by atoms with Crippen LogP contribution in [0.1, 0.15) is 6.42 Å². The van der Waals surface area contributed by atoms with Crippen LogP contribution in [0.2, 0.25) is 0 Å². The molecule has 0 radical (unpaired) electrons. The van der Waals surface area contributed by atoms with Crippen molar-refractivity contribution in [3.05, 3.63) is 38.8 Å². The van der Waals surface area contributed by atoms with Gasteiger partial charge < -0.3 is 0 Å². The molecule has 1 heterocycles. The van der Waals surface area contributed by atoms with Crippen molar-refractivity contribution in [2.24, 2.45) is 0 Å². The van der Waals surface area contributed by atoms with Crippen LogP contribution in [0, 0.1) is 3.57 Å². The number of hydrogen-bond donors (Lipinski definition) is 0. The summed E-state index contributed by atoms with van der Waals surface area (Å²) in [7, 11) is 0. The zero-order chi connectivity index (χ0) is 8.97. The molecule has 12 heavy (non-hydrogen) atoms. The van der Waals surface area contributed by atoms with Crippen LogP contribution in [0.25, 0.3) is 0 Å². The fourth-order valence-corrected chi connectivity index (χ4v) is 1.18. The predicted molar refractivity (Wildman–Crippen MR) is 56.0 cm³/mol. The first-order chi connectivity index (χ1) is 5.74. The largest absolute Gasteiger partial charge is 0.268 e. The van der Waals surface area contributed by atoms with Crippen molar-refractivity contribution in [1.82, 2.24) is 9.78 Å². The van der Waals surface area contributed by atoms with Crippen molar-refractivity contribution in [2.45, 2.75) is 13.0 Å². The molecule has 0 saturated heterocycles. The predicted octanol–water partition coefficient (Wildman–Crippen LogP) is 1.42. The van der Waals surface area contributed by atoms with Crippen molar-refractivity contribution in [1.29, 1.82) is 0 Å². The zero-order valence-corrected chi connectivity index (χ0v) is 8.69. The molecule has 0 saturated carbocycles. The second-order valence-electron chi connectivity index (χ2n) is 2.31. The number of rotatable bonds is 3. The number of halogens is 1. The molecule has 0 aliphatic carbocycles. The first-order valence-corrected chi connectivity index (χ1v) is 4.65. The summed E-state index contributed by atoms with van der Waals surface area (Å²) in [6.07, 6.45) is 4.21. The Balaban J connectivity index is 2.86. The van der Waals surface area contributed by atoms with E-state index in [0.29, 0.717) is 6.54 Å². The number of nitrogens with zero attached hydrogens (tertiary/aromatic N) is 2. The minimum atomic E-state index is -0.0521. The second-order valence-corrected chi connectivity index (χ2v) is 3.56. The Morgan fingerprint density at radius 2 is 2.50 bits per heavy atom. The average molecular weight is 276 g/mol. The lowest BCUT2D eigenvalue weighted by atomic mass is 10.4. The molecule has 4 heteroatoms. The Bertz CT molecular complexity index is 332.